The van der Waals surface area contributed by atoms with Crippen molar-refractivity contribution in [2.45, 2.75) is 45.6 Å². The molecule has 1 nitrogen and oxygen atoms in total. The van der Waals surface area contributed by atoms with Crippen molar-refractivity contribution in [3.8, 4) is 0 Å². The van der Waals surface area contributed by atoms with E-state index < -0.39 is 0 Å². The second kappa shape index (κ2) is 4.76. The summed E-state index contributed by atoms with van der Waals surface area (Å²) in [5.41, 5.74) is 0. The minimum absolute atomic E-state index is 0.884. The molecule has 0 aliphatic heterocycles. The Morgan fingerprint density at radius 2 is 1.73 bits per heavy atom. The standard InChI is InChI=1S/C10H20N/c1-3-11(4-2)10-8-6-5-7-9-10/h5,10H,3-4,6-9H2,1-2H3. The molecule has 0 saturated heterocycles. The Labute approximate surface area is 70.8 Å². The van der Waals surface area contributed by atoms with Crippen molar-refractivity contribution < 1.29 is 0 Å². The van der Waals surface area contributed by atoms with Crippen molar-refractivity contribution in [1.29, 1.82) is 0 Å². The highest BCUT2D eigenvalue weighted by atomic mass is 15.1. The van der Waals surface area contributed by atoms with Crippen LogP contribution in [0.15, 0.2) is 0 Å². The molecule has 1 rings (SSSR count). The zero-order chi connectivity index (χ0) is 8.10. The summed E-state index contributed by atoms with van der Waals surface area (Å²) < 4.78 is 0. The molecule has 1 saturated carbocycles. The molecule has 0 N–H and O–H groups in total. The van der Waals surface area contributed by atoms with E-state index in [0.717, 1.165) is 6.04 Å². The third kappa shape index (κ3) is 2.48. The van der Waals surface area contributed by atoms with Crippen molar-refractivity contribution in [2.75, 3.05) is 13.1 Å². The Kier molecular flexibility index (Phi) is 3.92. The fourth-order valence-corrected chi connectivity index (χ4v) is 2.01. The highest BCUT2D eigenvalue weighted by Gasteiger charge is 2.17. The van der Waals surface area contributed by atoms with E-state index in [1.54, 1.807) is 0 Å². The van der Waals surface area contributed by atoms with Crippen molar-refractivity contribution in [3.05, 3.63) is 6.42 Å². The Bertz CT molecular complexity index is 91.0. The van der Waals surface area contributed by atoms with Gasteiger partial charge in [0, 0.05) is 6.04 Å². The van der Waals surface area contributed by atoms with Gasteiger partial charge in [0.2, 0.25) is 0 Å². The van der Waals surface area contributed by atoms with E-state index in [9.17, 15) is 0 Å². The molecule has 65 valence electrons. The number of nitrogens with zero attached hydrogens (tertiary/aromatic N) is 1. The molecular formula is C10H20N. The lowest BCUT2D eigenvalue weighted by Crippen LogP contribution is -2.36. The number of rotatable bonds is 3. The van der Waals surface area contributed by atoms with Crippen molar-refractivity contribution >= 4 is 0 Å². The van der Waals surface area contributed by atoms with Gasteiger partial charge >= 0.3 is 0 Å². The lowest BCUT2D eigenvalue weighted by Gasteiger charge is -2.32. The van der Waals surface area contributed by atoms with Crippen LogP contribution in [0, 0.1) is 6.42 Å². The summed E-state index contributed by atoms with van der Waals surface area (Å²) in [4.78, 5) is 2.59. The van der Waals surface area contributed by atoms with Gasteiger partial charge in [-0.25, -0.2) is 0 Å². The van der Waals surface area contributed by atoms with Gasteiger partial charge < -0.3 is 4.90 Å². The third-order valence-corrected chi connectivity index (χ3v) is 2.74. The van der Waals surface area contributed by atoms with Crippen molar-refractivity contribution in [3.63, 3.8) is 0 Å². The first-order chi connectivity index (χ1) is 5.38. The molecule has 1 aliphatic rings. The average molecular weight is 154 g/mol. The maximum atomic E-state index is 2.59. The topological polar surface area (TPSA) is 3.24 Å². The predicted octanol–water partition coefficient (Wildman–Crippen LogP) is 2.48. The van der Waals surface area contributed by atoms with Gasteiger partial charge in [-0.05, 0) is 45.2 Å². The van der Waals surface area contributed by atoms with E-state index in [-0.39, 0.29) is 0 Å². The van der Waals surface area contributed by atoms with Crippen LogP contribution >= 0.6 is 0 Å². The van der Waals surface area contributed by atoms with Gasteiger partial charge in [-0.1, -0.05) is 13.8 Å². The van der Waals surface area contributed by atoms with Crippen molar-refractivity contribution in [1.82, 2.24) is 4.90 Å². The summed E-state index contributed by atoms with van der Waals surface area (Å²) in [6, 6.07) is 0.884. The molecule has 0 spiro atoms. The second-order valence-corrected chi connectivity index (χ2v) is 3.32. The molecule has 0 aromatic heterocycles. The molecule has 0 bridgehead atoms. The maximum absolute atomic E-state index is 2.59. The van der Waals surface area contributed by atoms with Crippen LogP contribution in [-0.2, 0) is 0 Å². The van der Waals surface area contributed by atoms with Crippen LogP contribution < -0.4 is 0 Å². The fraction of sp³-hybridized carbons (Fsp3) is 0.900. The molecule has 0 aromatic rings. The summed E-state index contributed by atoms with van der Waals surface area (Å²) >= 11 is 0. The smallest absolute Gasteiger partial charge is 0.00952 e. The van der Waals surface area contributed by atoms with Gasteiger partial charge in [0.1, 0.15) is 0 Å². The van der Waals surface area contributed by atoms with Gasteiger partial charge in [-0.2, -0.15) is 0 Å². The van der Waals surface area contributed by atoms with Gasteiger partial charge in [0.25, 0.3) is 0 Å². The second-order valence-electron chi connectivity index (χ2n) is 3.32. The molecule has 0 heterocycles. The summed E-state index contributed by atoms with van der Waals surface area (Å²) in [6.07, 6.45) is 7.88. The molecular weight excluding hydrogens is 134 g/mol. The molecule has 1 aliphatic carbocycles. The Morgan fingerprint density at radius 1 is 1.18 bits per heavy atom. The average Bonchev–Trinajstić information content (AvgIpc) is 2.09. The van der Waals surface area contributed by atoms with E-state index in [1.807, 2.05) is 0 Å². The third-order valence-electron chi connectivity index (χ3n) is 2.74. The predicted molar refractivity (Wildman–Crippen MR) is 49.5 cm³/mol. The molecule has 0 amide bonds. The molecule has 1 heteroatoms. The van der Waals surface area contributed by atoms with E-state index in [0.29, 0.717) is 0 Å². The van der Waals surface area contributed by atoms with E-state index >= 15 is 0 Å². The Hall–Kier alpha value is -0.0400. The first-order valence-corrected chi connectivity index (χ1v) is 4.94. The fourth-order valence-electron chi connectivity index (χ4n) is 2.01. The highest BCUT2D eigenvalue weighted by molar-refractivity contribution is 4.81. The molecule has 0 unspecified atom stereocenters. The SMILES string of the molecule is CCN(CC)C1CC[CH]CC1. The molecule has 1 radical (unpaired) electrons. The van der Waals surface area contributed by atoms with Crippen LogP contribution in [-0.4, -0.2) is 24.0 Å². The van der Waals surface area contributed by atoms with Crippen molar-refractivity contribution in [2.24, 2.45) is 0 Å². The normalized spacial score (nSPS) is 21.0. The van der Waals surface area contributed by atoms with Gasteiger partial charge in [0.15, 0.2) is 0 Å². The van der Waals surface area contributed by atoms with Gasteiger partial charge in [-0.15, -0.1) is 0 Å². The van der Waals surface area contributed by atoms with Crippen LogP contribution in [0.2, 0.25) is 0 Å². The van der Waals surface area contributed by atoms with Crippen LogP contribution in [0.1, 0.15) is 39.5 Å². The molecule has 0 aromatic carbocycles. The minimum atomic E-state index is 0.884. The monoisotopic (exact) mass is 154 g/mol. The van der Waals surface area contributed by atoms with Gasteiger partial charge in [0.05, 0.1) is 0 Å². The van der Waals surface area contributed by atoms with E-state index in [2.05, 4.69) is 25.2 Å². The zero-order valence-electron chi connectivity index (χ0n) is 7.84. The molecule has 0 atom stereocenters. The summed E-state index contributed by atoms with van der Waals surface area (Å²) in [5.74, 6) is 0. The Balaban J connectivity index is 2.30. The first-order valence-electron chi connectivity index (χ1n) is 4.94. The largest absolute Gasteiger partial charge is 0.301 e. The van der Waals surface area contributed by atoms with Gasteiger partial charge in [-0.3, -0.25) is 0 Å². The van der Waals surface area contributed by atoms with Crippen LogP contribution in [0.4, 0.5) is 0 Å². The van der Waals surface area contributed by atoms with Crippen LogP contribution in [0.25, 0.3) is 0 Å². The lowest BCUT2D eigenvalue weighted by molar-refractivity contribution is 0.184. The molecule has 11 heavy (non-hydrogen) atoms. The summed E-state index contributed by atoms with van der Waals surface area (Å²) in [6.45, 7) is 6.98. The number of hydrogen-bond acceptors (Lipinski definition) is 1. The summed E-state index contributed by atoms with van der Waals surface area (Å²) in [7, 11) is 0. The maximum Gasteiger partial charge on any atom is 0.00952 e. The summed E-state index contributed by atoms with van der Waals surface area (Å²) in [5, 5.41) is 0. The zero-order valence-corrected chi connectivity index (χ0v) is 7.84. The molecule has 1 fully saturated rings. The Morgan fingerprint density at radius 3 is 2.18 bits per heavy atom. The van der Waals surface area contributed by atoms with E-state index in [4.69, 9.17) is 0 Å². The lowest BCUT2D eigenvalue weighted by atomic mass is 9.94. The van der Waals surface area contributed by atoms with E-state index in [1.165, 1.54) is 38.8 Å². The number of hydrogen-bond donors (Lipinski definition) is 0. The quantitative estimate of drug-likeness (QED) is 0.603. The first kappa shape index (κ1) is 9.05. The highest BCUT2D eigenvalue weighted by Crippen LogP contribution is 2.21. The minimum Gasteiger partial charge on any atom is -0.301 e. The van der Waals surface area contributed by atoms with Crippen LogP contribution in [0.5, 0.6) is 0 Å². The van der Waals surface area contributed by atoms with Crippen LogP contribution in [0.3, 0.4) is 0 Å².